The summed E-state index contributed by atoms with van der Waals surface area (Å²) in [4.78, 5) is 0. The summed E-state index contributed by atoms with van der Waals surface area (Å²) in [7, 11) is 0. The summed E-state index contributed by atoms with van der Waals surface area (Å²) in [5, 5.41) is 2.59. The zero-order valence-electron chi connectivity index (χ0n) is 11.1. The van der Waals surface area contributed by atoms with Crippen molar-refractivity contribution in [3.05, 3.63) is 89.5 Å². The third-order valence-electron chi connectivity index (χ3n) is 3.85. The Morgan fingerprint density at radius 3 is 2.45 bits per heavy atom. The van der Waals surface area contributed by atoms with E-state index in [0.717, 1.165) is 0 Å². The van der Waals surface area contributed by atoms with Crippen LogP contribution in [0.15, 0.2) is 72.8 Å². The summed E-state index contributed by atoms with van der Waals surface area (Å²) in [5.41, 5.74) is 5.19. The average Bonchev–Trinajstić information content (AvgIpc) is 2.91. The summed E-state index contributed by atoms with van der Waals surface area (Å²) in [6, 6.07) is 23.5. The SMILES string of the molecule is C1=Cc2ccccc2/C1=C/c1cccc2ccccc12. The molecule has 0 fully saturated rings. The fraction of sp³-hybridized carbons (Fsp3) is 0. The lowest BCUT2D eigenvalue weighted by Gasteiger charge is -2.04. The summed E-state index contributed by atoms with van der Waals surface area (Å²) in [6.45, 7) is 0. The predicted molar refractivity (Wildman–Crippen MR) is 87.3 cm³/mol. The number of hydrogen-bond donors (Lipinski definition) is 0. The van der Waals surface area contributed by atoms with Crippen molar-refractivity contribution < 1.29 is 0 Å². The molecule has 0 amide bonds. The van der Waals surface area contributed by atoms with E-state index in [4.69, 9.17) is 0 Å². The second-order valence-electron chi connectivity index (χ2n) is 5.09. The summed E-state index contributed by atoms with van der Waals surface area (Å²) >= 11 is 0. The third-order valence-corrected chi connectivity index (χ3v) is 3.85. The van der Waals surface area contributed by atoms with Gasteiger partial charge in [0.05, 0.1) is 0 Å². The van der Waals surface area contributed by atoms with Gasteiger partial charge in [0, 0.05) is 0 Å². The highest BCUT2D eigenvalue weighted by molar-refractivity contribution is 6.02. The largest absolute Gasteiger partial charge is 0.0616 e. The molecule has 0 unspecified atom stereocenters. The molecule has 3 aromatic carbocycles. The zero-order valence-corrected chi connectivity index (χ0v) is 11.1. The van der Waals surface area contributed by atoms with Crippen LogP contribution in [0.5, 0.6) is 0 Å². The Labute approximate surface area is 118 Å². The highest BCUT2D eigenvalue weighted by Gasteiger charge is 2.09. The lowest BCUT2D eigenvalue weighted by molar-refractivity contribution is 1.62. The van der Waals surface area contributed by atoms with Gasteiger partial charge in [0.25, 0.3) is 0 Å². The van der Waals surface area contributed by atoms with Crippen LogP contribution in [0.3, 0.4) is 0 Å². The van der Waals surface area contributed by atoms with E-state index in [1.54, 1.807) is 0 Å². The van der Waals surface area contributed by atoms with Gasteiger partial charge in [0.1, 0.15) is 0 Å². The van der Waals surface area contributed by atoms with E-state index in [2.05, 4.69) is 85.0 Å². The monoisotopic (exact) mass is 254 g/mol. The number of rotatable bonds is 1. The third kappa shape index (κ3) is 1.78. The summed E-state index contributed by atoms with van der Waals surface area (Å²) < 4.78 is 0. The van der Waals surface area contributed by atoms with Crippen molar-refractivity contribution >= 4 is 28.5 Å². The van der Waals surface area contributed by atoms with E-state index in [1.165, 1.54) is 33.0 Å². The molecule has 0 saturated heterocycles. The van der Waals surface area contributed by atoms with Gasteiger partial charge in [-0.3, -0.25) is 0 Å². The van der Waals surface area contributed by atoms with Crippen LogP contribution in [0.1, 0.15) is 16.7 Å². The fourth-order valence-corrected chi connectivity index (χ4v) is 2.84. The first-order valence-electron chi connectivity index (χ1n) is 6.89. The van der Waals surface area contributed by atoms with E-state index in [1.807, 2.05) is 0 Å². The van der Waals surface area contributed by atoms with Crippen LogP contribution in [0.25, 0.3) is 28.5 Å². The maximum atomic E-state index is 2.28. The minimum absolute atomic E-state index is 1.28. The molecule has 1 aliphatic carbocycles. The Kier molecular flexibility index (Phi) is 2.53. The smallest absolute Gasteiger partial charge is 0.0111 e. The molecule has 3 aromatic rings. The van der Waals surface area contributed by atoms with Gasteiger partial charge in [0.2, 0.25) is 0 Å². The molecule has 0 spiro atoms. The number of allylic oxidation sites excluding steroid dienone is 2. The Hall–Kier alpha value is -2.60. The van der Waals surface area contributed by atoms with Gasteiger partial charge in [-0.1, -0.05) is 78.9 Å². The van der Waals surface area contributed by atoms with Crippen molar-refractivity contribution in [2.75, 3.05) is 0 Å². The van der Waals surface area contributed by atoms with Gasteiger partial charge in [-0.25, -0.2) is 0 Å². The number of fused-ring (bicyclic) bond motifs is 2. The van der Waals surface area contributed by atoms with E-state index in [0.29, 0.717) is 0 Å². The molecule has 0 N–H and O–H groups in total. The minimum Gasteiger partial charge on any atom is -0.0616 e. The van der Waals surface area contributed by atoms with Crippen LogP contribution in [0.4, 0.5) is 0 Å². The average molecular weight is 254 g/mol. The molecule has 0 atom stereocenters. The van der Waals surface area contributed by atoms with Crippen molar-refractivity contribution in [3.63, 3.8) is 0 Å². The molecular weight excluding hydrogens is 240 g/mol. The molecule has 0 aromatic heterocycles. The lowest BCUT2D eigenvalue weighted by Crippen LogP contribution is -1.82. The zero-order chi connectivity index (χ0) is 13.4. The quantitative estimate of drug-likeness (QED) is 0.545. The van der Waals surface area contributed by atoms with Crippen molar-refractivity contribution in [2.24, 2.45) is 0 Å². The van der Waals surface area contributed by atoms with Gasteiger partial charge in [-0.2, -0.15) is 0 Å². The highest BCUT2D eigenvalue weighted by atomic mass is 14.1. The number of hydrogen-bond acceptors (Lipinski definition) is 0. The van der Waals surface area contributed by atoms with E-state index < -0.39 is 0 Å². The first-order valence-corrected chi connectivity index (χ1v) is 6.89. The lowest BCUT2D eigenvalue weighted by atomic mass is 10.00. The molecule has 0 heterocycles. The van der Waals surface area contributed by atoms with Crippen molar-refractivity contribution in [1.29, 1.82) is 0 Å². The maximum Gasteiger partial charge on any atom is -0.0111 e. The van der Waals surface area contributed by atoms with Crippen molar-refractivity contribution in [3.8, 4) is 0 Å². The van der Waals surface area contributed by atoms with Gasteiger partial charge in [-0.15, -0.1) is 0 Å². The Balaban J connectivity index is 1.90. The summed E-state index contributed by atoms with van der Waals surface area (Å²) in [6.07, 6.45) is 6.67. The minimum atomic E-state index is 1.28. The van der Waals surface area contributed by atoms with Gasteiger partial charge in [0.15, 0.2) is 0 Å². The molecule has 94 valence electrons. The fourth-order valence-electron chi connectivity index (χ4n) is 2.84. The van der Waals surface area contributed by atoms with E-state index in [9.17, 15) is 0 Å². The Bertz CT molecular complexity index is 845. The molecule has 0 nitrogen and oxygen atoms in total. The number of benzene rings is 3. The Morgan fingerprint density at radius 2 is 1.45 bits per heavy atom. The molecular formula is C20H14. The molecule has 0 aliphatic heterocycles. The van der Waals surface area contributed by atoms with Crippen LogP contribution < -0.4 is 0 Å². The molecule has 20 heavy (non-hydrogen) atoms. The molecule has 1 aliphatic rings. The van der Waals surface area contributed by atoms with Crippen LogP contribution >= 0.6 is 0 Å². The normalized spacial score (nSPS) is 14.9. The predicted octanol–water partition coefficient (Wildman–Crippen LogP) is 5.41. The molecule has 0 radical (unpaired) electrons. The van der Waals surface area contributed by atoms with E-state index >= 15 is 0 Å². The highest BCUT2D eigenvalue weighted by Crippen LogP contribution is 2.31. The van der Waals surface area contributed by atoms with Gasteiger partial charge in [-0.05, 0) is 39.1 Å². The van der Waals surface area contributed by atoms with Crippen LogP contribution in [0.2, 0.25) is 0 Å². The first kappa shape index (κ1) is 11.2. The first-order chi connectivity index (χ1) is 9.92. The second kappa shape index (κ2) is 4.50. The molecule has 0 saturated carbocycles. The summed E-state index contributed by atoms with van der Waals surface area (Å²) in [5.74, 6) is 0. The molecule has 0 heteroatoms. The van der Waals surface area contributed by atoms with Crippen LogP contribution in [-0.4, -0.2) is 0 Å². The topological polar surface area (TPSA) is 0 Å². The van der Waals surface area contributed by atoms with Crippen LogP contribution in [0, 0.1) is 0 Å². The van der Waals surface area contributed by atoms with Gasteiger partial charge >= 0.3 is 0 Å². The van der Waals surface area contributed by atoms with Crippen molar-refractivity contribution in [1.82, 2.24) is 0 Å². The maximum absolute atomic E-state index is 2.28. The standard InChI is InChI=1S/C20H14/c1-3-10-19-15(6-1)8-5-9-17(19)14-18-13-12-16-7-2-4-11-20(16)18/h1-14H/b18-14+. The van der Waals surface area contributed by atoms with Crippen LogP contribution in [-0.2, 0) is 0 Å². The van der Waals surface area contributed by atoms with Gasteiger partial charge < -0.3 is 0 Å². The Morgan fingerprint density at radius 1 is 0.650 bits per heavy atom. The second-order valence-corrected chi connectivity index (χ2v) is 5.09. The molecule has 0 bridgehead atoms. The van der Waals surface area contributed by atoms with E-state index in [-0.39, 0.29) is 0 Å². The van der Waals surface area contributed by atoms with Crippen molar-refractivity contribution in [2.45, 2.75) is 0 Å². The molecule has 4 rings (SSSR count).